The standard InChI is InChI=1S/C13H20N4/c14-11-5-3-7-17(9-11)13-15-8-10-4-1-2-6-12(10)16-13/h8,11H,1-7,9,14H2. The van der Waals surface area contributed by atoms with Gasteiger partial charge in [-0.25, -0.2) is 9.97 Å². The molecule has 92 valence electrons. The van der Waals surface area contributed by atoms with Gasteiger partial charge in [0.25, 0.3) is 0 Å². The molecule has 1 unspecified atom stereocenters. The molecule has 1 saturated heterocycles. The average molecular weight is 232 g/mol. The molecular formula is C13H20N4. The normalized spacial score (nSPS) is 24.5. The number of nitrogens with two attached hydrogens (primary N) is 1. The summed E-state index contributed by atoms with van der Waals surface area (Å²) in [5.41, 5.74) is 8.62. The molecule has 2 heterocycles. The van der Waals surface area contributed by atoms with E-state index in [9.17, 15) is 0 Å². The first-order chi connectivity index (χ1) is 8.33. The number of nitrogens with zero attached hydrogens (tertiary/aromatic N) is 3. The van der Waals surface area contributed by atoms with Crippen LogP contribution in [0.25, 0.3) is 0 Å². The molecule has 0 radical (unpaired) electrons. The van der Waals surface area contributed by atoms with Crippen molar-refractivity contribution in [1.29, 1.82) is 0 Å². The van der Waals surface area contributed by atoms with Gasteiger partial charge in [-0.1, -0.05) is 0 Å². The van der Waals surface area contributed by atoms with Crippen molar-refractivity contribution < 1.29 is 0 Å². The van der Waals surface area contributed by atoms with E-state index in [2.05, 4.69) is 9.88 Å². The molecule has 0 saturated carbocycles. The smallest absolute Gasteiger partial charge is 0.225 e. The summed E-state index contributed by atoms with van der Waals surface area (Å²) in [6.07, 6.45) is 9.12. The Hall–Kier alpha value is -1.16. The Labute approximate surface area is 102 Å². The molecule has 1 fully saturated rings. The van der Waals surface area contributed by atoms with Crippen LogP contribution in [0.5, 0.6) is 0 Å². The summed E-state index contributed by atoms with van der Waals surface area (Å²) in [5, 5.41) is 0. The number of aromatic nitrogens is 2. The van der Waals surface area contributed by atoms with E-state index in [4.69, 9.17) is 10.7 Å². The Morgan fingerprint density at radius 1 is 1.24 bits per heavy atom. The van der Waals surface area contributed by atoms with E-state index in [1.54, 1.807) is 0 Å². The molecule has 1 aromatic heterocycles. The number of piperidine rings is 1. The second-order valence-electron chi connectivity index (χ2n) is 5.20. The zero-order valence-electron chi connectivity index (χ0n) is 10.2. The molecule has 0 amide bonds. The third kappa shape index (κ3) is 2.27. The Balaban J connectivity index is 1.83. The summed E-state index contributed by atoms with van der Waals surface area (Å²) in [6, 6.07) is 0.281. The van der Waals surface area contributed by atoms with Gasteiger partial charge in [-0.15, -0.1) is 0 Å². The van der Waals surface area contributed by atoms with Crippen LogP contribution in [0.2, 0.25) is 0 Å². The minimum atomic E-state index is 0.281. The van der Waals surface area contributed by atoms with E-state index in [1.807, 2.05) is 6.20 Å². The van der Waals surface area contributed by atoms with Crippen LogP contribution < -0.4 is 10.6 Å². The van der Waals surface area contributed by atoms with Gasteiger partial charge in [0.15, 0.2) is 0 Å². The van der Waals surface area contributed by atoms with Crippen LogP contribution >= 0.6 is 0 Å². The van der Waals surface area contributed by atoms with E-state index in [-0.39, 0.29) is 6.04 Å². The van der Waals surface area contributed by atoms with Crippen molar-refractivity contribution in [2.75, 3.05) is 18.0 Å². The summed E-state index contributed by atoms with van der Waals surface area (Å²) in [7, 11) is 0. The number of hydrogen-bond acceptors (Lipinski definition) is 4. The van der Waals surface area contributed by atoms with Crippen LogP contribution in [0.15, 0.2) is 6.20 Å². The van der Waals surface area contributed by atoms with E-state index in [1.165, 1.54) is 24.1 Å². The minimum absolute atomic E-state index is 0.281. The van der Waals surface area contributed by atoms with Crippen molar-refractivity contribution in [1.82, 2.24) is 9.97 Å². The lowest BCUT2D eigenvalue weighted by molar-refractivity contribution is 0.498. The molecule has 0 spiro atoms. The van der Waals surface area contributed by atoms with Gasteiger partial charge in [-0.3, -0.25) is 0 Å². The zero-order valence-corrected chi connectivity index (χ0v) is 10.2. The largest absolute Gasteiger partial charge is 0.339 e. The highest BCUT2D eigenvalue weighted by Gasteiger charge is 2.20. The fraction of sp³-hybridized carbons (Fsp3) is 0.692. The number of hydrogen-bond donors (Lipinski definition) is 1. The maximum Gasteiger partial charge on any atom is 0.225 e. The van der Waals surface area contributed by atoms with Crippen LogP contribution in [0.1, 0.15) is 36.9 Å². The molecule has 2 N–H and O–H groups in total. The third-order valence-corrected chi connectivity index (χ3v) is 3.79. The summed E-state index contributed by atoms with van der Waals surface area (Å²) in [6.45, 7) is 1.95. The van der Waals surface area contributed by atoms with Crippen LogP contribution in [-0.2, 0) is 12.8 Å². The Kier molecular flexibility index (Phi) is 2.97. The van der Waals surface area contributed by atoms with E-state index >= 15 is 0 Å². The summed E-state index contributed by atoms with van der Waals surface area (Å²) < 4.78 is 0. The lowest BCUT2D eigenvalue weighted by Crippen LogP contribution is -2.43. The van der Waals surface area contributed by atoms with Gasteiger partial charge in [0.1, 0.15) is 0 Å². The maximum absolute atomic E-state index is 6.00. The molecule has 4 heteroatoms. The lowest BCUT2D eigenvalue weighted by Gasteiger charge is -2.31. The van der Waals surface area contributed by atoms with Crippen LogP contribution in [-0.4, -0.2) is 29.1 Å². The van der Waals surface area contributed by atoms with Gasteiger partial charge in [0.2, 0.25) is 5.95 Å². The molecular weight excluding hydrogens is 212 g/mol. The van der Waals surface area contributed by atoms with Crippen molar-refractivity contribution in [2.24, 2.45) is 5.73 Å². The quantitative estimate of drug-likeness (QED) is 0.792. The van der Waals surface area contributed by atoms with Crippen molar-refractivity contribution >= 4 is 5.95 Å². The molecule has 17 heavy (non-hydrogen) atoms. The van der Waals surface area contributed by atoms with E-state index in [0.717, 1.165) is 44.7 Å². The average Bonchev–Trinajstić information content (AvgIpc) is 2.38. The first-order valence-corrected chi connectivity index (χ1v) is 6.68. The monoisotopic (exact) mass is 232 g/mol. The summed E-state index contributed by atoms with van der Waals surface area (Å²) in [4.78, 5) is 11.5. The molecule has 0 aromatic carbocycles. The highest BCUT2D eigenvalue weighted by Crippen LogP contribution is 2.22. The molecule has 1 aliphatic heterocycles. The number of aryl methyl sites for hydroxylation is 2. The second-order valence-corrected chi connectivity index (χ2v) is 5.20. The number of fused-ring (bicyclic) bond motifs is 1. The molecule has 1 atom stereocenters. The van der Waals surface area contributed by atoms with Crippen LogP contribution in [0.3, 0.4) is 0 Å². The van der Waals surface area contributed by atoms with Crippen LogP contribution in [0.4, 0.5) is 5.95 Å². The fourth-order valence-electron chi connectivity index (χ4n) is 2.81. The van der Waals surface area contributed by atoms with E-state index in [0.29, 0.717) is 0 Å². The highest BCUT2D eigenvalue weighted by molar-refractivity contribution is 5.35. The molecule has 3 rings (SSSR count). The minimum Gasteiger partial charge on any atom is -0.339 e. The highest BCUT2D eigenvalue weighted by atomic mass is 15.3. The Morgan fingerprint density at radius 3 is 3.00 bits per heavy atom. The molecule has 1 aromatic rings. The van der Waals surface area contributed by atoms with Gasteiger partial charge in [-0.2, -0.15) is 0 Å². The van der Waals surface area contributed by atoms with Gasteiger partial charge in [0.05, 0.1) is 0 Å². The zero-order chi connectivity index (χ0) is 11.7. The molecule has 1 aliphatic carbocycles. The Morgan fingerprint density at radius 2 is 2.12 bits per heavy atom. The van der Waals surface area contributed by atoms with Crippen molar-refractivity contribution in [3.05, 3.63) is 17.5 Å². The van der Waals surface area contributed by atoms with Crippen LogP contribution in [0, 0.1) is 0 Å². The number of rotatable bonds is 1. The second kappa shape index (κ2) is 4.61. The van der Waals surface area contributed by atoms with E-state index < -0.39 is 0 Å². The van der Waals surface area contributed by atoms with Gasteiger partial charge in [-0.05, 0) is 44.1 Å². The predicted octanol–water partition coefficient (Wildman–Crippen LogP) is 1.28. The molecule has 4 nitrogen and oxygen atoms in total. The summed E-state index contributed by atoms with van der Waals surface area (Å²) in [5.74, 6) is 0.890. The fourth-order valence-corrected chi connectivity index (χ4v) is 2.81. The predicted molar refractivity (Wildman–Crippen MR) is 68.1 cm³/mol. The summed E-state index contributed by atoms with van der Waals surface area (Å²) >= 11 is 0. The van der Waals surface area contributed by atoms with Crippen molar-refractivity contribution in [3.63, 3.8) is 0 Å². The Bertz CT molecular complexity index is 404. The van der Waals surface area contributed by atoms with Crippen molar-refractivity contribution in [3.8, 4) is 0 Å². The molecule has 0 bridgehead atoms. The van der Waals surface area contributed by atoms with Gasteiger partial charge < -0.3 is 10.6 Å². The SMILES string of the molecule is NC1CCCN(c2ncc3c(n2)CCCC3)C1. The van der Waals surface area contributed by atoms with Gasteiger partial charge >= 0.3 is 0 Å². The molecule has 2 aliphatic rings. The third-order valence-electron chi connectivity index (χ3n) is 3.79. The van der Waals surface area contributed by atoms with Gasteiger partial charge in [0, 0.05) is 31.0 Å². The van der Waals surface area contributed by atoms with Crippen molar-refractivity contribution in [2.45, 2.75) is 44.6 Å². The maximum atomic E-state index is 6.00. The lowest BCUT2D eigenvalue weighted by atomic mass is 9.98. The number of anilines is 1. The topological polar surface area (TPSA) is 55.0 Å². The first-order valence-electron chi connectivity index (χ1n) is 6.68. The first kappa shape index (κ1) is 11.0.